The summed E-state index contributed by atoms with van der Waals surface area (Å²) in [6, 6.07) is 9.86. The number of fused-ring (bicyclic) bond motifs is 1. The SMILES string of the molecule is Nc1nc(Nc2ccc(N3CCNCC3)nc2)nc2c(-c3cc(Cl)ccc3F)nccc12. The van der Waals surface area contributed by atoms with Crippen LogP contribution in [0, 0.1) is 5.82 Å². The van der Waals surface area contributed by atoms with E-state index in [4.69, 9.17) is 17.3 Å². The largest absolute Gasteiger partial charge is 0.383 e. The van der Waals surface area contributed by atoms with Crippen LogP contribution in [-0.4, -0.2) is 46.1 Å². The number of anilines is 4. The van der Waals surface area contributed by atoms with Crippen LogP contribution in [0.25, 0.3) is 22.2 Å². The number of piperazine rings is 1. The van der Waals surface area contributed by atoms with Crippen LogP contribution in [0.15, 0.2) is 48.8 Å². The Morgan fingerprint density at radius 3 is 2.69 bits per heavy atom. The van der Waals surface area contributed by atoms with Gasteiger partial charge in [-0.1, -0.05) is 11.6 Å². The van der Waals surface area contributed by atoms with Crippen LogP contribution in [0.2, 0.25) is 5.02 Å². The van der Waals surface area contributed by atoms with E-state index >= 15 is 0 Å². The summed E-state index contributed by atoms with van der Waals surface area (Å²) >= 11 is 6.08. The fourth-order valence-corrected chi connectivity index (χ4v) is 3.85. The van der Waals surface area contributed by atoms with Crippen molar-refractivity contribution < 1.29 is 4.39 Å². The highest BCUT2D eigenvalue weighted by atomic mass is 35.5. The molecule has 0 aliphatic carbocycles. The van der Waals surface area contributed by atoms with Crippen LogP contribution in [0.3, 0.4) is 0 Å². The molecule has 5 rings (SSSR count). The van der Waals surface area contributed by atoms with Gasteiger partial charge in [-0.05, 0) is 36.4 Å². The molecule has 1 aliphatic heterocycles. The summed E-state index contributed by atoms with van der Waals surface area (Å²) in [6.45, 7) is 3.71. The molecule has 0 radical (unpaired) electrons. The van der Waals surface area contributed by atoms with Crippen molar-refractivity contribution >= 4 is 45.8 Å². The van der Waals surface area contributed by atoms with Gasteiger partial charge in [-0.15, -0.1) is 0 Å². The molecule has 1 saturated heterocycles. The monoisotopic (exact) mass is 450 g/mol. The minimum Gasteiger partial charge on any atom is -0.383 e. The molecule has 1 aliphatic rings. The number of hydrogen-bond acceptors (Lipinski definition) is 8. The summed E-state index contributed by atoms with van der Waals surface area (Å²) in [4.78, 5) is 20.0. The predicted octanol–water partition coefficient (Wildman–Crippen LogP) is 3.61. The van der Waals surface area contributed by atoms with Crippen LogP contribution >= 0.6 is 11.6 Å². The molecule has 1 aromatic carbocycles. The maximum atomic E-state index is 14.5. The van der Waals surface area contributed by atoms with Crippen molar-refractivity contribution in [3.8, 4) is 11.3 Å². The summed E-state index contributed by atoms with van der Waals surface area (Å²) in [5.74, 6) is 0.991. The van der Waals surface area contributed by atoms with E-state index in [0.717, 1.165) is 32.0 Å². The highest BCUT2D eigenvalue weighted by Crippen LogP contribution is 2.32. The van der Waals surface area contributed by atoms with Crippen molar-refractivity contribution in [1.82, 2.24) is 25.3 Å². The number of pyridine rings is 2. The van der Waals surface area contributed by atoms with Gasteiger partial charge in [0.25, 0.3) is 0 Å². The number of nitrogens with two attached hydrogens (primary N) is 1. The highest BCUT2D eigenvalue weighted by Gasteiger charge is 2.16. The summed E-state index contributed by atoms with van der Waals surface area (Å²) in [5.41, 5.74) is 7.90. The lowest BCUT2D eigenvalue weighted by molar-refractivity contribution is 0.585. The van der Waals surface area contributed by atoms with Gasteiger partial charge in [0.2, 0.25) is 5.95 Å². The van der Waals surface area contributed by atoms with E-state index in [1.807, 2.05) is 12.1 Å². The molecule has 3 aromatic heterocycles. The van der Waals surface area contributed by atoms with Crippen molar-refractivity contribution in [2.75, 3.05) is 42.1 Å². The van der Waals surface area contributed by atoms with Gasteiger partial charge in [0.1, 0.15) is 23.0 Å². The lowest BCUT2D eigenvalue weighted by Crippen LogP contribution is -2.43. The molecule has 0 spiro atoms. The molecule has 32 heavy (non-hydrogen) atoms. The minimum atomic E-state index is -0.450. The first-order chi connectivity index (χ1) is 15.6. The van der Waals surface area contributed by atoms with E-state index in [1.165, 1.54) is 18.2 Å². The molecular formula is C22H20ClFN8. The third kappa shape index (κ3) is 4.00. The summed E-state index contributed by atoms with van der Waals surface area (Å²) in [7, 11) is 0. The Balaban J connectivity index is 1.49. The van der Waals surface area contributed by atoms with Gasteiger partial charge in [-0.25, -0.2) is 14.4 Å². The van der Waals surface area contributed by atoms with Crippen molar-refractivity contribution in [3.05, 3.63) is 59.6 Å². The van der Waals surface area contributed by atoms with E-state index in [2.05, 4.69) is 35.5 Å². The van der Waals surface area contributed by atoms with Crippen molar-refractivity contribution in [3.63, 3.8) is 0 Å². The van der Waals surface area contributed by atoms with Gasteiger partial charge in [-0.3, -0.25) is 4.98 Å². The minimum absolute atomic E-state index is 0.245. The second-order valence-electron chi connectivity index (χ2n) is 7.38. The number of hydrogen-bond donors (Lipinski definition) is 3. The van der Waals surface area contributed by atoms with E-state index in [1.54, 1.807) is 18.5 Å². The first kappa shape index (κ1) is 20.3. The van der Waals surface area contributed by atoms with Crippen LogP contribution < -0.4 is 21.3 Å². The lowest BCUT2D eigenvalue weighted by atomic mass is 10.1. The van der Waals surface area contributed by atoms with Gasteiger partial charge in [-0.2, -0.15) is 4.98 Å². The number of nitrogens with zero attached hydrogens (tertiary/aromatic N) is 5. The normalized spacial score (nSPS) is 14.0. The van der Waals surface area contributed by atoms with E-state index < -0.39 is 5.82 Å². The first-order valence-electron chi connectivity index (χ1n) is 10.1. The fourth-order valence-electron chi connectivity index (χ4n) is 3.68. The molecular weight excluding hydrogens is 431 g/mol. The standard InChI is InChI=1S/C22H20ClFN8/c23-13-1-3-17(24)16(11-13)19-20-15(5-6-27-19)21(25)31-22(30-20)29-14-2-4-18(28-12-14)32-9-7-26-8-10-32/h1-6,11-12,26H,7-10H2,(H3,25,29,30,31). The Morgan fingerprint density at radius 1 is 1.06 bits per heavy atom. The Labute approximate surface area is 188 Å². The molecule has 162 valence electrons. The van der Waals surface area contributed by atoms with E-state index in [9.17, 15) is 4.39 Å². The quantitative estimate of drug-likeness (QED) is 0.433. The Morgan fingerprint density at radius 2 is 1.91 bits per heavy atom. The first-order valence-corrected chi connectivity index (χ1v) is 10.5. The van der Waals surface area contributed by atoms with Crippen molar-refractivity contribution in [2.24, 2.45) is 0 Å². The summed E-state index contributed by atoms with van der Waals surface area (Å²) < 4.78 is 14.5. The Kier molecular flexibility index (Phi) is 5.42. The molecule has 4 aromatic rings. The van der Waals surface area contributed by atoms with Gasteiger partial charge in [0, 0.05) is 48.3 Å². The van der Waals surface area contributed by atoms with Crippen LogP contribution in [0.4, 0.5) is 27.7 Å². The number of nitrogen functional groups attached to an aromatic ring is 1. The topological polar surface area (TPSA) is 105 Å². The average molecular weight is 451 g/mol. The molecule has 8 nitrogen and oxygen atoms in total. The number of nitrogens with one attached hydrogen (secondary N) is 2. The van der Waals surface area contributed by atoms with Gasteiger partial charge < -0.3 is 21.3 Å². The number of halogens is 2. The summed E-state index contributed by atoms with van der Waals surface area (Å²) in [5, 5.41) is 7.43. The lowest BCUT2D eigenvalue weighted by Gasteiger charge is -2.28. The predicted molar refractivity (Wildman–Crippen MR) is 125 cm³/mol. The highest BCUT2D eigenvalue weighted by molar-refractivity contribution is 6.30. The molecule has 4 heterocycles. The van der Waals surface area contributed by atoms with E-state index in [-0.39, 0.29) is 17.3 Å². The maximum Gasteiger partial charge on any atom is 0.229 e. The van der Waals surface area contributed by atoms with Crippen LogP contribution in [-0.2, 0) is 0 Å². The fraction of sp³-hybridized carbons (Fsp3) is 0.182. The third-order valence-electron chi connectivity index (χ3n) is 5.27. The average Bonchev–Trinajstić information content (AvgIpc) is 2.81. The molecule has 0 saturated carbocycles. The number of benzene rings is 1. The van der Waals surface area contributed by atoms with Gasteiger partial charge in [0.15, 0.2) is 0 Å². The second kappa shape index (κ2) is 8.52. The van der Waals surface area contributed by atoms with Crippen LogP contribution in [0.1, 0.15) is 0 Å². The van der Waals surface area contributed by atoms with Gasteiger partial charge >= 0.3 is 0 Å². The molecule has 10 heteroatoms. The van der Waals surface area contributed by atoms with Crippen molar-refractivity contribution in [1.29, 1.82) is 0 Å². The Bertz CT molecular complexity index is 1280. The zero-order valence-corrected chi connectivity index (χ0v) is 17.8. The maximum absolute atomic E-state index is 14.5. The molecule has 0 bridgehead atoms. The Hall–Kier alpha value is -3.56. The molecule has 0 unspecified atom stereocenters. The second-order valence-corrected chi connectivity index (χ2v) is 7.82. The molecule has 1 fully saturated rings. The zero-order chi connectivity index (χ0) is 22.1. The number of rotatable bonds is 4. The smallest absolute Gasteiger partial charge is 0.229 e. The van der Waals surface area contributed by atoms with E-state index in [0.29, 0.717) is 27.3 Å². The van der Waals surface area contributed by atoms with Gasteiger partial charge in [0.05, 0.1) is 17.6 Å². The molecule has 0 amide bonds. The molecule has 4 N–H and O–H groups in total. The zero-order valence-electron chi connectivity index (χ0n) is 17.0. The summed E-state index contributed by atoms with van der Waals surface area (Å²) in [6.07, 6.45) is 3.27. The van der Waals surface area contributed by atoms with Crippen molar-refractivity contribution in [2.45, 2.75) is 0 Å². The molecule has 0 atom stereocenters. The van der Waals surface area contributed by atoms with Crippen LogP contribution in [0.5, 0.6) is 0 Å². The third-order valence-corrected chi connectivity index (χ3v) is 5.51. The number of aromatic nitrogens is 4.